The van der Waals surface area contributed by atoms with E-state index in [0.717, 1.165) is 147 Å². The summed E-state index contributed by atoms with van der Waals surface area (Å²) in [6, 6.07) is 8.89. The lowest BCUT2D eigenvalue weighted by Crippen LogP contribution is -2.54. The summed E-state index contributed by atoms with van der Waals surface area (Å²) in [6.07, 6.45) is 13.7. The molecule has 2 aromatic heterocycles. The third-order valence-electron chi connectivity index (χ3n) is 15.9. The van der Waals surface area contributed by atoms with Gasteiger partial charge in [0.05, 0.1) is 30.1 Å². The Balaban J connectivity index is 0.658. The Morgan fingerprint density at radius 1 is 0.768 bits per heavy atom. The number of rotatable bonds is 13. The summed E-state index contributed by atoms with van der Waals surface area (Å²) in [6.45, 7) is 13.8. The average Bonchev–Trinajstić information content (AvgIpc) is 3.78. The highest BCUT2D eigenvalue weighted by Gasteiger charge is 2.38. The second-order valence-electron chi connectivity index (χ2n) is 20.3. The fourth-order valence-corrected chi connectivity index (χ4v) is 11.8. The van der Waals surface area contributed by atoms with Gasteiger partial charge in [-0.2, -0.15) is 10.1 Å². The number of ether oxygens (including phenoxy) is 1. The van der Waals surface area contributed by atoms with Gasteiger partial charge in [-0.25, -0.2) is 9.78 Å². The third-order valence-corrected chi connectivity index (χ3v) is 15.9. The molecule has 2 saturated carbocycles. The van der Waals surface area contributed by atoms with Crippen molar-refractivity contribution >= 4 is 52.7 Å². The second kappa shape index (κ2) is 22.0. The molecule has 4 saturated heterocycles. The number of benzene rings is 1. The summed E-state index contributed by atoms with van der Waals surface area (Å²) in [5.41, 5.74) is 3.80. The summed E-state index contributed by atoms with van der Waals surface area (Å²) in [4.78, 5) is 85.5. The Bertz CT molecular complexity index is 2280. The van der Waals surface area contributed by atoms with E-state index in [1.807, 2.05) is 25.4 Å². The van der Waals surface area contributed by atoms with Gasteiger partial charge in [-0.05, 0) is 108 Å². The monoisotopic (exact) mass is 949 g/mol. The van der Waals surface area contributed by atoms with Gasteiger partial charge >= 0.3 is 5.97 Å². The van der Waals surface area contributed by atoms with Gasteiger partial charge in [-0.3, -0.25) is 39.0 Å². The summed E-state index contributed by atoms with van der Waals surface area (Å²) >= 11 is 0. The molecule has 0 radical (unpaired) electrons. The number of aryl methyl sites for hydroxylation is 2. The molecule has 6 fully saturated rings. The number of piperazine rings is 2. The van der Waals surface area contributed by atoms with Crippen molar-refractivity contribution in [3.8, 4) is 0 Å². The van der Waals surface area contributed by atoms with Gasteiger partial charge in [-0.15, -0.1) is 0 Å². The van der Waals surface area contributed by atoms with E-state index in [-0.39, 0.29) is 48.1 Å². The van der Waals surface area contributed by atoms with E-state index in [9.17, 15) is 24.0 Å². The number of likely N-dealkylation sites (tertiary alicyclic amines) is 1. The van der Waals surface area contributed by atoms with E-state index in [1.165, 1.54) is 5.69 Å². The zero-order chi connectivity index (χ0) is 48.0. The van der Waals surface area contributed by atoms with Crippen LogP contribution in [0.25, 0.3) is 0 Å². The molecule has 372 valence electrons. The summed E-state index contributed by atoms with van der Waals surface area (Å²) in [5, 5.41) is 13.5. The lowest BCUT2D eigenvalue weighted by atomic mass is 9.80. The quantitative estimate of drug-likeness (QED) is 0.158. The number of esters is 1. The van der Waals surface area contributed by atoms with Crippen LogP contribution in [0, 0.1) is 24.7 Å². The maximum absolute atomic E-state index is 13.8. The Morgan fingerprint density at radius 2 is 1.42 bits per heavy atom. The predicted octanol–water partition coefficient (Wildman–Crippen LogP) is 4.69. The van der Waals surface area contributed by atoms with Crippen LogP contribution in [0.5, 0.6) is 0 Å². The molecular weight excluding hydrogens is 877 g/mol. The minimum absolute atomic E-state index is 0.00974. The first-order chi connectivity index (χ1) is 33.5. The molecule has 0 spiro atoms. The molecule has 9 rings (SSSR count). The molecule has 6 heterocycles. The first-order valence-electron chi connectivity index (χ1n) is 25.8. The summed E-state index contributed by atoms with van der Waals surface area (Å²) < 4.78 is 7.09. The van der Waals surface area contributed by atoms with E-state index in [4.69, 9.17) is 9.72 Å². The van der Waals surface area contributed by atoms with E-state index >= 15 is 0 Å². The fraction of sp³-hybridized carbons (Fsp3) is 0.647. The first-order valence-corrected chi connectivity index (χ1v) is 25.8. The molecule has 18 nitrogen and oxygen atoms in total. The maximum atomic E-state index is 13.8. The molecular formula is C51H72N12O6. The number of aromatic nitrogens is 4. The van der Waals surface area contributed by atoms with E-state index in [1.54, 1.807) is 24.7 Å². The summed E-state index contributed by atoms with van der Waals surface area (Å²) in [5.74, 6) is 0.995. The molecule has 1 unspecified atom stereocenters. The van der Waals surface area contributed by atoms with Crippen molar-refractivity contribution in [2.45, 2.75) is 109 Å². The van der Waals surface area contributed by atoms with Gasteiger partial charge in [0.25, 0.3) is 0 Å². The summed E-state index contributed by atoms with van der Waals surface area (Å²) in [7, 11) is 1.84. The number of carbonyl (C=O) groups is 5. The number of nitrogens with zero attached hydrogens (tertiary/aromatic N) is 9. The number of hydrogen-bond acceptors (Lipinski definition) is 14. The Hall–Kier alpha value is -5.62. The van der Waals surface area contributed by atoms with Crippen molar-refractivity contribution in [3.63, 3.8) is 0 Å². The molecule has 6 aliphatic rings. The Labute approximate surface area is 406 Å². The molecule has 69 heavy (non-hydrogen) atoms. The highest BCUT2D eigenvalue weighted by molar-refractivity contribution is 6.01. The molecule has 2 aliphatic carbocycles. The highest BCUT2D eigenvalue weighted by Crippen LogP contribution is 2.35. The lowest BCUT2D eigenvalue weighted by molar-refractivity contribution is -0.143. The molecule has 18 heteroatoms. The van der Waals surface area contributed by atoms with Crippen LogP contribution in [0.15, 0.2) is 36.7 Å². The van der Waals surface area contributed by atoms with E-state index in [0.29, 0.717) is 53.7 Å². The predicted molar refractivity (Wildman–Crippen MR) is 262 cm³/mol. The SMILES string of the molecule is CCOC(=O)c1c(C)nc(Nc2cnn(C)c2)nc1NC1CCC(N2CCN(C(=O)C3CCC(C(=O)N4CCC(CN5CCN(c6ccc(C7CCC(=O)NC7=O)cc6)CC5)CC4)CC3)CC2)CC1. The van der Waals surface area contributed by atoms with Crippen LogP contribution in [-0.2, 0) is 31.0 Å². The number of carbonyl (C=O) groups excluding carboxylic acids is 5. The lowest BCUT2D eigenvalue weighted by Gasteiger charge is -2.43. The van der Waals surface area contributed by atoms with Gasteiger partial charge in [0.15, 0.2) is 0 Å². The Morgan fingerprint density at radius 3 is 2.03 bits per heavy atom. The van der Waals surface area contributed by atoms with Crippen LogP contribution in [-0.4, -0.2) is 160 Å². The van der Waals surface area contributed by atoms with E-state index < -0.39 is 5.97 Å². The maximum Gasteiger partial charge on any atom is 0.343 e. The van der Waals surface area contributed by atoms with Gasteiger partial charge in [0.1, 0.15) is 11.4 Å². The molecule has 1 aromatic carbocycles. The zero-order valence-corrected chi connectivity index (χ0v) is 40.9. The Kier molecular flexibility index (Phi) is 15.4. The number of imide groups is 1. The third kappa shape index (κ3) is 11.7. The molecule has 4 aliphatic heterocycles. The number of anilines is 4. The smallest absolute Gasteiger partial charge is 0.343 e. The van der Waals surface area contributed by atoms with Crippen molar-refractivity contribution in [1.82, 2.24) is 44.7 Å². The van der Waals surface area contributed by atoms with E-state index in [2.05, 4.69) is 62.7 Å². The van der Waals surface area contributed by atoms with Gasteiger partial charge in [-0.1, -0.05) is 12.1 Å². The second-order valence-corrected chi connectivity index (χ2v) is 20.3. The molecule has 4 amide bonds. The number of hydrogen-bond donors (Lipinski definition) is 3. The molecule has 3 N–H and O–H groups in total. The van der Waals surface area contributed by atoms with Gasteiger partial charge in [0.2, 0.25) is 29.6 Å². The van der Waals surface area contributed by atoms with Crippen molar-refractivity contribution in [3.05, 3.63) is 53.5 Å². The van der Waals surface area contributed by atoms with Crippen molar-refractivity contribution in [2.75, 3.05) is 94.1 Å². The normalized spacial score (nSPS) is 25.6. The van der Waals surface area contributed by atoms with Crippen molar-refractivity contribution in [1.29, 1.82) is 0 Å². The highest BCUT2D eigenvalue weighted by atomic mass is 16.5. The largest absolute Gasteiger partial charge is 0.462 e. The topological polar surface area (TPSA) is 190 Å². The first kappa shape index (κ1) is 48.4. The van der Waals surface area contributed by atoms with Crippen LogP contribution < -0.4 is 20.9 Å². The number of nitrogens with one attached hydrogen (secondary N) is 3. The van der Waals surface area contributed by atoms with Crippen LogP contribution >= 0.6 is 0 Å². The minimum atomic E-state index is -0.435. The van der Waals surface area contributed by atoms with Gasteiger partial charge in [0, 0.05) is 121 Å². The van der Waals surface area contributed by atoms with Crippen LogP contribution in [0.3, 0.4) is 0 Å². The van der Waals surface area contributed by atoms with Crippen molar-refractivity contribution < 1.29 is 28.7 Å². The standard InChI is InChI=1S/C51H72N12O6/c1-4-69-50(68)45-34(2)53-51(55-40-31-52-58(3)33-40)57-46(45)54-39-11-15-42(16-12-39)61-27-29-63(30-28-61)49(67)38-7-5-37(6-8-38)48(66)62-21-19-35(20-22-62)32-59-23-25-60(26-24-59)41-13-9-36(10-14-41)43-17-18-44(64)56-47(43)65/h9-10,13-14,31,33,35,37-39,42-43H,4-8,11-12,15-30,32H2,1-3H3,(H,56,64,65)(H2,53,54,55,57). The molecule has 3 aromatic rings. The average molecular weight is 949 g/mol. The number of amides is 4. The van der Waals surface area contributed by atoms with Crippen LogP contribution in [0.1, 0.15) is 112 Å². The minimum Gasteiger partial charge on any atom is -0.462 e. The molecule has 0 bridgehead atoms. The van der Waals surface area contributed by atoms with Crippen molar-refractivity contribution in [2.24, 2.45) is 24.8 Å². The van der Waals surface area contributed by atoms with Crippen LogP contribution in [0.4, 0.5) is 23.1 Å². The van der Waals surface area contributed by atoms with Gasteiger partial charge < -0.3 is 30.1 Å². The zero-order valence-electron chi connectivity index (χ0n) is 40.9. The molecule has 1 atom stereocenters. The number of piperidine rings is 2. The van der Waals surface area contributed by atoms with Crippen LogP contribution in [0.2, 0.25) is 0 Å². The fourth-order valence-electron chi connectivity index (χ4n) is 11.8.